The number of carbonyl (C=O) groups is 2. The van der Waals surface area contributed by atoms with E-state index >= 15 is 0 Å². The molecule has 0 saturated carbocycles. The van der Waals surface area contributed by atoms with Gasteiger partial charge in [0.25, 0.3) is 5.91 Å². The summed E-state index contributed by atoms with van der Waals surface area (Å²) in [5.41, 5.74) is 1.75. The van der Waals surface area contributed by atoms with Gasteiger partial charge in [0.1, 0.15) is 12.0 Å². The number of hydrogen-bond donors (Lipinski definition) is 2. The molecule has 0 fully saturated rings. The molecule has 5 rings (SSSR count). The first-order valence-electron chi connectivity index (χ1n) is 18.2. The summed E-state index contributed by atoms with van der Waals surface area (Å²) in [6.07, 6.45) is -6.62. The molecule has 0 heterocycles. The fourth-order valence-corrected chi connectivity index (χ4v) is 8.60. The normalized spacial score (nSPS) is 14.5. The molecule has 1 atom stereocenters. The van der Waals surface area contributed by atoms with E-state index in [4.69, 9.17) is 9.05 Å². The fourth-order valence-electron chi connectivity index (χ4n) is 6.84. The van der Waals surface area contributed by atoms with Crippen molar-refractivity contribution in [2.24, 2.45) is 0 Å². The topological polar surface area (TPSA) is 93.7 Å². The van der Waals surface area contributed by atoms with Crippen molar-refractivity contribution in [2.75, 3.05) is 32.5 Å². The highest BCUT2D eigenvalue weighted by atomic mass is 31.2. The molecule has 2 amide bonds. The van der Waals surface area contributed by atoms with Crippen LogP contribution in [0.3, 0.4) is 0 Å². The molecule has 1 aliphatic rings. The molecule has 1 unspecified atom stereocenters. The van der Waals surface area contributed by atoms with Crippen LogP contribution in [0.15, 0.2) is 97.1 Å². The zero-order chi connectivity index (χ0) is 39.7. The molecule has 0 radical (unpaired) electrons. The summed E-state index contributed by atoms with van der Waals surface area (Å²) in [5.74, 6) is -1.20. The second kappa shape index (κ2) is 18.0. The standard InChI is InChI=1S/C41H43F6N2O5P/c1-2-3-25-53-55(52,54-26-12-24-48-37(50)34-16-5-4-13-31(34)29-19-21-30(22-20-29)41(45,46)47)27-11-10-23-39(38(51)49-28-40(42,43)44)35-17-8-6-14-32(35)33-15-7-9-18-36(33)39/h4-9,13-22H,2-3,10-12,23-28H2,1H3,(H,48,50)(H,49,51). The Morgan fingerprint density at radius 3 is 1.84 bits per heavy atom. The number of rotatable bonds is 18. The third-order valence-electron chi connectivity index (χ3n) is 9.51. The van der Waals surface area contributed by atoms with Gasteiger partial charge in [0.2, 0.25) is 5.91 Å². The van der Waals surface area contributed by atoms with Crippen molar-refractivity contribution in [2.45, 2.75) is 63.2 Å². The maximum atomic E-state index is 13.9. The van der Waals surface area contributed by atoms with E-state index < -0.39 is 49.3 Å². The highest BCUT2D eigenvalue weighted by Crippen LogP contribution is 2.53. The number of benzene rings is 4. The molecule has 14 heteroatoms. The fraction of sp³-hybridized carbons (Fsp3) is 0.366. The Bertz CT molecular complexity index is 1940. The first-order valence-corrected chi connectivity index (χ1v) is 19.9. The van der Waals surface area contributed by atoms with Gasteiger partial charge in [-0.05, 0) is 77.3 Å². The van der Waals surface area contributed by atoms with E-state index in [9.17, 15) is 40.5 Å². The van der Waals surface area contributed by atoms with E-state index in [0.717, 1.165) is 29.7 Å². The van der Waals surface area contributed by atoms with Crippen molar-refractivity contribution in [1.82, 2.24) is 10.6 Å². The monoisotopic (exact) mass is 788 g/mol. The molecule has 0 spiro atoms. The van der Waals surface area contributed by atoms with Crippen LogP contribution in [0.5, 0.6) is 0 Å². The number of nitrogens with one attached hydrogen (secondary N) is 2. The van der Waals surface area contributed by atoms with Crippen LogP contribution in [-0.4, -0.2) is 50.5 Å². The molecule has 294 valence electrons. The Morgan fingerprint density at radius 1 is 0.691 bits per heavy atom. The van der Waals surface area contributed by atoms with Crippen LogP contribution in [0.25, 0.3) is 22.3 Å². The van der Waals surface area contributed by atoms with Gasteiger partial charge in [-0.25, -0.2) is 0 Å². The van der Waals surface area contributed by atoms with Crippen molar-refractivity contribution < 1.29 is 49.5 Å². The smallest absolute Gasteiger partial charge is 0.352 e. The highest BCUT2D eigenvalue weighted by Gasteiger charge is 2.49. The summed E-state index contributed by atoms with van der Waals surface area (Å²) in [6, 6.07) is 25.4. The zero-order valence-electron chi connectivity index (χ0n) is 30.3. The molecule has 55 heavy (non-hydrogen) atoms. The molecule has 1 aliphatic carbocycles. The Hall–Kier alpha value is -4.45. The summed E-state index contributed by atoms with van der Waals surface area (Å²) < 4.78 is 104. The van der Waals surface area contributed by atoms with Crippen LogP contribution < -0.4 is 10.6 Å². The Labute approximate surface area is 316 Å². The maximum Gasteiger partial charge on any atom is 0.416 e. The minimum absolute atomic E-state index is 0.00706. The lowest BCUT2D eigenvalue weighted by Gasteiger charge is -2.31. The van der Waals surface area contributed by atoms with Gasteiger partial charge < -0.3 is 19.7 Å². The van der Waals surface area contributed by atoms with Crippen LogP contribution in [0.1, 0.15) is 72.5 Å². The van der Waals surface area contributed by atoms with Gasteiger partial charge in [-0.1, -0.05) is 98.6 Å². The Morgan fingerprint density at radius 2 is 1.25 bits per heavy atom. The van der Waals surface area contributed by atoms with Gasteiger partial charge in [0.15, 0.2) is 0 Å². The number of hydrogen-bond acceptors (Lipinski definition) is 5. The third kappa shape index (κ3) is 10.2. The molecule has 4 aromatic carbocycles. The van der Waals surface area contributed by atoms with E-state index in [-0.39, 0.29) is 44.3 Å². The number of fused-ring (bicyclic) bond motifs is 3. The Kier molecular flexibility index (Phi) is 13.7. The number of halogens is 6. The third-order valence-corrected chi connectivity index (χ3v) is 11.5. The molecule has 0 aromatic heterocycles. The Balaban J connectivity index is 1.20. The number of amides is 2. The van der Waals surface area contributed by atoms with Gasteiger partial charge in [0.05, 0.1) is 24.9 Å². The average molecular weight is 789 g/mol. The molecule has 0 bridgehead atoms. The van der Waals surface area contributed by atoms with Gasteiger partial charge >= 0.3 is 19.9 Å². The first-order chi connectivity index (χ1) is 26.2. The summed E-state index contributed by atoms with van der Waals surface area (Å²) in [5, 5.41) is 4.90. The van der Waals surface area contributed by atoms with Gasteiger partial charge in [0, 0.05) is 12.1 Å². The van der Waals surface area contributed by atoms with Gasteiger partial charge in [-0.15, -0.1) is 0 Å². The second-order valence-corrected chi connectivity index (χ2v) is 15.5. The van der Waals surface area contributed by atoms with E-state index in [1.807, 2.05) is 31.2 Å². The minimum atomic E-state index is -4.60. The lowest BCUT2D eigenvalue weighted by atomic mass is 9.73. The number of unbranched alkanes of at least 4 members (excludes halogenated alkanes) is 2. The van der Waals surface area contributed by atoms with Crippen molar-refractivity contribution in [3.05, 3.63) is 119 Å². The second-order valence-electron chi connectivity index (χ2n) is 13.3. The van der Waals surface area contributed by atoms with Gasteiger partial charge in [-0.2, -0.15) is 26.3 Å². The van der Waals surface area contributed by atoms with Crippen LogP contribution in [0.2, 0.25) is 0 Å². The average Bonchev–Trinajstić information content (AvgIpc) is 3.45. The highest BCUT2D eigenvalue weighted by molar-refractivity contribution is 7.53. The van der Waals surface area contributed by atoms with Crippen LogP contribution in [-0.2, 0) is 30.0 Å². The number of alkyl halides is 6. The summed E-state index contributed by atoms with van der Waals surface area (Å²) in [6.45, 7) is 0.792. The maximum absolute atomic E-state index is 13.9. The molecule has 0 saturated heterocycles. The molecule has 7 nitrogen and oxygen atoms in total. The zero-order valence-corrected chi connectivity index (χ0v) is 31.2. The molecule has 2 N–H and O–H groups in total. The van der Waals surface area contributed by atoms with Gasteiger partial charge in [-0.3, -0.25) is 14.2 Å². The lowest BCUT2D eigenvalue weighted by Crippen LogP contribution is -2.47. The summed E-state index contributed by atoms with van der Waals surface area (Å²) >= 11 is 0. The molecular weight excluding hydrogens is 745 g/mol. The van der Waals surface area contributed by atoms with Crippen LogP contribution in [0.4, 0.5) is 26.3 Å². The van der Waals surface area contributed by atoms with E-state index in [2.05, 4.69) is 10.6 Å². The molecular formula is C41H43F6N2O5P. The van der Waals surface area contributed by atoms with Crippen molar-refractivity contribution in [1.29, 1.82) is 0 Å². The van der Waals surface area contributed by atoms with E-state index in [1.54, 1.807) is 48.5 Å². The minimum Gasteiger partial charge on any atom is -0.352 e. The van der Waals surface area contributed by atoms with Crippen LogP contribution in [0, 0.1) is 0 Å². The molecule has 0 aliphatic heterocycles. The summed E-state index contributed by atoms with van der Waals surface area (Å²) in [4.78, 5) is 26.9. The quantitative estimate of drug-likeness (QED) is 0.0595. The SMILES string of the molecule is CCCCOP(=O)(CCCCC1(C(=O)NCC(F)(F)F)c2ccccc2-c2ccccc21)OCCCNC(=O)c1ccccc1-c1ccc(C(F)(F)F)cc1. The van der Waals surface area contributed by atoms with Crippen molar-refractivity contribution in [3.8, 4) is 22.3 Å². The largest absolute Gasteiger partial charge is 0.416 e. The predicted octanol–water partition coefficient (Wildman–Crippen LogP) is 10.3. The predicted molar refractivity (Wildman–Crippen MR) is 199 cm³/mol. The number of carbonyl (C=O) groups excluding carboxylic acids is 2. The van der Waals surface area contributed by atoms with Crippen molar-refractivity contribution in [3.63, 3.8) is 0 Å². The van der Waals surface area contributed by atoms with E-state index in [1.165, 1.54) is 12.1 Å². The van der Waals surface area contributed by atoms with Crippen molar-refractivity contribution >= 4 is 19.4 Å². The lowest BCUT2D eigenvalue weighted by molar-refractivity contribution is -0.141. The molecule has 4 aromatic rings. The summed E-state index contributed by atoms with van der Waals surface area (Å²) in [7, 11) is -3.65. The first kappa shape index (κ1) is 41.7. The van der Waals surface area contributed by atoms with Crippen LogP contribution >= 0.6 is 7.60 Å². The van der Waals surface area contributed by atoms with E-state index in [0.29, 0.717) is 41.5 Å².